The van der Waals surface area contributed by atoms with Crippen molar-refractivity contribution in [3.63, 3.8) is 0 Å². The maximum absolute atomic E-state index is 12.0. The van der Waals surface area contributed by atoms with E-state index >= 15 is 0 Å². The van der Waals surface area contributed by atoms with Gasteiger partial charge in [0.05, 0.1) is 13.0 Å². The van der Waals surface area contributed by atoms with Gasteiger partial charge in [-0.15, -0.1) is 0 Å². The topological polar surface area (TPSA) is 76.7 Å². The van der Waals surface area contributed by atoms with Crippen molar-refractivity contribution >= 4 is 11.8 Å². The molecule has 0 aliphatic heterocycles. The molecule has 0 aromatic heterocycles. The minimum Gasteiger partial charge on any atom is -0.489 e. The van der Waals surface area contributed by atoms with Gasteiger partial charge in [-0.1, -0.05) is 30.3 Å². The molecule has 0 unspecified atom stereocenters. The second-order valence-corrected chi connectivity index (χ2v) is 5.25. The maximum Gasteiger partial charge on any atom is 0.269 e. The highest BCUT2D eigenvalue weighted by molar-refractivity contribution is 5.95. The van der Waals surface area contributed by atoms with Crippen LogP contribution in [0.4, 0.5) is 0 Å². The predicted molar refractivity (Wildman–Crippen MR) is 93.9 cm³/mol. The summed E-state index contributed by atoms with van der Waals surface area (Å²) in [4.78, 5) is 23.5. The summed E-state index contributed by atoms with van der Waals surface area (Å²) < 4.78 is 10.7. The Bertz CT molecular complexity index is 672. The molecule has 0 bridgehead atoms. The Morgan fingerprint density at radius 2 is 1.68 bits per heavy atom. The number of ether oxygens (including phenoxy) is 2. The number of rotatable bonds is 8. The highest BCUT2D eigenvalue weighted by Gasteiger charge is 2.07. The largest absolute Gasteiger partial charge is 0.489 e. The fourth-order valence-electron chi connectivity index (χ4n) is 2.01. The highest BCUT2D eigenvalue weighted by atomic mass is 16.5. The van der Waals surface area contributed by atoms with Crippen LogP contribution in [-0.4, -0.2) is 25.0 Å². The molecule has 0 aliphatic carbocycles. The second-order valence-electron chi connectivity index (χ2n) is 5.25. The second kappa shape index (κ2) is 10.1. The van der Waals surface area contributed by atoms with Gasteiger partial charge < -0.3 is 9.47 Å². The number of hydrogen-bond donors (Lipinski definition) is 2. The van der Waals surface area contributed by atoms with Gasteiger partial charge in [0.25, 0.3) is 5.91 Å². The summed E-state index contributed by atoms with van der Waals surface area (Å²) in [6.07, 6.45) is 0.195. The van der Waals surface area contributed by atoms with Gasteiger partial charge in [-0.05, 0) is 36.8 Å². The van der Waals surface area contributed by atoms with Crippen LogP contribution in [0, 0.1) is 0 Å². The quantitative estimate of drug-likeness (QED) is 0.571. The van der Waals surface area contributed by atoms with Gasteiger partial charge in [-0.3, -0.25) is 20.4 Å². The van der Waals surface area contributed by atoms with E-state index in [-0.39, 0.29) is 18.2 Å². The molecule has 6 heteroatoms. The molecule has 0 fully saturated rings. The van der Waals surface area contributed by atoms with E-state index in [2.05, 4.69) is 10.9 Å². The lowest BCUT2D eigenvalue weighted by molar-refractivity contribution is -0.122. The molecule has 0 heterocycles. The molecule has 132 valence electrons. The fraction of sp³-hybridized carbons (Fsp3) is 0.263. The molecule has 2 N–H and O–H groups in total. The van der Waals surface area contributed by atoms with Crippen molar-refractivity contribution in [1.29, 1.82) is 0 Å². The van der Waals surface area contributed by atoms with Crippen LogP contribution in [0.2, 0.25) is 0 Å². The molecule has 2 rings (SSSR count). The fourth-order valence-corrected chi connectivity index (χ4v) is 2.01. The summed E-state index contributed by atoms with van der Waals surface area (Å²) in [5.41, 5.74) is 6.22. The third kappa shape index (κ3) is 6.64. The summed E-state index contributed by atoms with van der Waals surface area (Å²) in [7, 11) is 0. The van der Waals surface area contributed by atoms with Gasteiger partial charge >= 0.3 is 0 Å². The highest BCUT2D eigenvalue weighted by Crippen LogP contribution is 2.14. The Balaban J connectivity index is 1.76. The third-order valence-corrected chi connectivity index (χ3v) is 3.36. The molecule has 2 aromatic carbocycles. The van der Waals surface area contributed by atoms with E-state index in [9.17, 15) is 9.59 Å². The predicted octanol–water partition coefficient (Wildman–Crippen LogP) is 2.45. The van der Waals surface area contributed by atoms with Crippen molar-refractivity contribution < 1.29 is 19.1 Å². The van der Waals surface area contributed by atoms with E-state index in [0.29, 0.717) is 31.1 Å². The molecule has 0 spiro atoms. The molecule has 0 saturated carbocycles. The van der Waals surface area contributed by atoms with Crippen molar-refractivity contribution in [1.82, 2.24) is 10.9 Å². The number of hydrogen-bond acceptors (Lipinski definition) is 4. The van der Waals surface area contributed by atoms with Crippen LogP contribution in [-0.2, 0) is 16.1 Å². The van der Waals surface area contributed by atoms with Crippen LogP contribution in [0.3, 0.4) is 0 Å². The van der Waals surface area contributed by atoms with E-state index in [4.69, 9.17) is 9.47 Å². The number of hydrazine groups is 1. The Morgan fingerprint density at radius 1 is 0.960 bits per heavy atom. The first-order chi connectivity index (χ1) is 12.2. The standard InChI is InChI=1S/C19H22N2O4/c1-2-24-13-12-18(22)20-21-19(23)16-8-10-17(11-9-16)25-14-15-6-4-3-5-7-15/h3-11H,2,12-14H2,1H3,(H,20,22)(H,21,23). The minimum absolute atomic E-state index is 0.195. The zero-order valence-electron chi connectivity index (χ0n) is 14.2. The molecule has 0 saturated heterocycles. The summed E-state index contributed by atoms with van der Waals surface area (Å²) in [5, 5.41) is 0. The Labute approximate surface area is 147 Å². The normalized spacial score (nSPS) is 10.1. The van der Waals surface area contributed by atoms with E-state index in [1.54, 1.807) is 24.3 Å². The lowest BCUT2D eigenvalue weighted by Crippen LogP contribution is -2.41. The van der Waals surface area contributed by atoms with Crippen molar-refractivity contribution in [3.05, 3.63) is 65.7 Å². The van der Waals surface area contributed by atoms with E-state index in [0.717, 1.165) is 5.56 Å². The first kappa shape index (κ1) is 18.5. The van der Waals surface area contributed by atoms with Crippen LogP contribution in [0.15, 0.2) is 54.6 Å². The number of nitrogens with one attached hydrogen (secondary N) is 2. The average molecular weight is 342 g/mol. The van der Waals surface area contributed by atoms with Gasteiger partial charge in [-0.25, -0.2) is 0 Å². The van der Waals surface area contributed by atoms with Gasteiger partial charge in [-0.2, -0.15) is 0 Å². The van der Waals surface area contributed by atoms with Gasteiger partial charge in [0.1, 0.15) is 12.4 Å². The SMILES string of the molecule is CCOCCC(=O)NNC(=O)c1ccc(OCc2ccccc2)cc1. The molecular formula is C19H22N2O4. The molecule has 2 aromatic rings. The minimum atomic E-state index is -0.389. The van der Waals surface area contributed by atoms with Crippen LogP contribution < -0.4 is 15.6 Å². The van der Waals surface area contributed by atoms with Crippen LogP contribution >= 0.6 is 0 Å². The Morgan fingerprint density at radius 3 is 2.36 bits per heavy atom. The summed E-state index contributed by atoms with van der Waals surface area (Å²) >= 11 is 0. The van der Waals surface area contributed by atoms with Crippen LogP contribution in [0.5, 0.6) is 5.75 Å². The van der Waals surface area contributed by atoms with E-state index < -0.39 is 0 Å². The van der Waals surface area contributed by atoms with E-state index in [1.165, 1.54) is 0 Å². The number of benzene rings is 2. The molecule has 0 atom stereocenters. The smallest absolute Gasteiger partial charge is 0.269 e. The van der Waals surface area contributed by atoms with Crippen molar-refractivity contribution in [2.45, 2.75) is 20.0 Å². The Kier molecular flexibility index (Phi) is 7.46. The zero-order valence-corrected chi connectivity index (χ0v) is 14.2. The number of carbonyl (C=O) groups is 2. The third-order valence-electron chi connectivity index (χ3n) is 3.36. The molecule has 6 nitrogen and oxygen atoms in total. The molecule has 2 amide bonds. The molecule has 0 radical (unpaired) electrons. The molecule has 25 heavy (non-hydrogen) atoms. The summed E-state index contributed by atoms with van der Waals surface area (Å²) in [6, 6.07) is 16.5. The number of amides is 2. The Hall–Kier alpha value is -2.86. The van der Waals surface area contributed by atoms with Crippen molar-refractivity contribution in [2.24, 2.45) is 0 Å². The number of carbonyl (C=O) groups excluding carboxylic acids is 2. The monoisotopic (exact) mass is 342 g/mol. The van der Waals surface area contributed by atoms with Crippen molar-refractivity contribution in [2.75, 3.05) is 13.2 Å². The average Bonchev–Trinajstić information content (AvgIpc) is 2.66. The first-order valence-electron chi connectivity index (χ1n) is 8.12. The summed E-state index contributed by atoms with van der Waals surface area (Å²) in [6.45, 7) is 3.19. The lowest BCUT2D eigenvalue weighted by atomic mass is 10.2. The lowest BCUT2D eigenvalue weighted by Gasteiger charge is -2.09. The van der Waals surface area contributed by atoms with Crippen molar-refractivity contribution in [3.8, 4) is 5.75 Å². The van der Waals surface area contributed by atoms with Gasteiger partial charge in [0, 0.05) is 12.2 Å². The van der Waals surface area contributed by atoms with Crippen LogP contribution in [0.1, 0.15) is 29.3 Å². The van der Waals surface area contributed by atoms with E-state index in [1.807, 2.05) is 37.3 Å². The molecular weight excluding hydrogens is 320 g/mol. The molecule has 0 aliphatic rings. The maximum atomic E-state index is 12.0. The van der Waals surface area contributed by atoms with Gasteiger partial charge in [0.2, 0.25) is 5.91 Å². The first-order valence-corrected chi connectivity index (χ1v) is 8.12. The van der Waals surface area contributed by atoms with Gasteiger partial charge in [0.15, 0.2) is 0 Å². The summed E-state index contributed by atoms with van der Waals surface area (Å²) in [5.74, 6) is -0.0230. The zero-order chi connectivity index (χ0) is 17.9. The van der Waals surface area contributed by atoms with Crippen LogP contribution in [0.25, 0.3) is 0 Å².